The normalized spacial score (nSPS) is 17.0. The average Bonchev–Trinajstić information content (AvgIpc) is 2.36. The van der Waals surface area contributed by atoms with Gasteiger partial charge in [0.2, 0.25) is 0 Å². The second-order valence-electron chi connectivity index (χ2n) is 2.73. The summed E-state index contributed by atoms with van der Waals surface area (Å²) >= 11 is 1.83. The van der Waals surface area contributed by atoms with Gasteiger partial charge < -0.3 is 0 Å². The maximum atomic E-state index is 4.04. The minimum atomic E-state index is 1.20. The van der Waals surface area contributed by atoms with Gasteiger partial charge in [0.1, 0.15) is 0 Å². The number of rotatable bonds is 0. The summed E-state index contributed by atoms with van der Waals surface area (Å²) in [5.41, 5.74) is 2.86. The molecule has 2 rings (SSSR count). The van der Waals surface area contributed by atoms with Crippen molar-refractivity contribution < 1.29 is 0 Å². The third-order valence-corrected chi connectivity index (χ3v) is 3.05. The molecule has 1 aliphatic carbocycles. The first-order valence-corrected chi connectivity index (χ1v) is 4.50. The van der Waals surface area contributed by atoms with Crippen LogP contribution >= 0.6 is 11.3 Å². The Bertz CT molecular complexity index is 257. The molecule has 0 fully saturated rings. The molecule has 52 valence electrons. The van der Waals surface area contributed by atoms with Crippen LogP contribution in [0.5, 0.6) is 0 Å². The van der Waals surface area contributed by atoms with Crippen LogP contribution in [0.4, 0.5) is 0 Å². The van der Waals surface area contributed by atoms with Crippen LogP contribution in [0.3, 0.4) is 0 Å². The first-order chi connectivity index (χ1) is 4.88. The van der Waals surface area contributed by atoms with Crippen molar-refractivity contribution in [3.63, 3.8) is 0 Å². The van der Waals surface area contributed by atoms with Crippen molar-refractivity contribution in [3.05, 3.63) is 28.5 Å². The third-order valence-electron chi connectivity index (χ3n) is 1.99. The summed E-state index contributed by atoms with van der Waals surface area (Å²) in [4.78, 5) is 1.45. The number of allylic oxidation sites excluding steroid dienone is 1. The van der Waals surface area contributed by atoms with Gasteiger partial charge in [-0.25, -0.2) is 0 Å². The Kier molecular flexibility index (Phi) is 1.38. The van der Waals surface area contributed by atoms with E-state index in [-0.39, 0.29) is 0 Å². The summed E-state index contributed by atoms with van der Waals surface area (Å²) in [7, 11) is 0. The summed E-state index contributed by atoms with van der Waals surface area (Å²) < 4.78 is 0. The first kappa shape index (κ1) is 6.17. The van der Waals surface area contributed by atoms with Crippen molar-refractivity contribution in [1.82, 2.24) is 0 Å². The molecule has 1 heterocycles. The molecule has 0 aromatic carbocycles. The van der Waals surface area contributed by atoms with Crippen molar-refractivity contribution >= 4 is 16.9 Å². The van der Waals surface area contributed by atoms with Gasteiger partial charge in [-0.15, -0.1) is 11.3 Å². The van der Waals surface area contributed by atoms with Crippen LogP contribution in [0.15, 0.2) is 18.0 Å². The Labute approximate surface area is 65.2 Å². The van der Waals surface area contributed by atoms with E-state index in [0.29, 0.717) is 0 Å². The molecular weight excluding hydrogens is 140 g/mol. The largest absolute Gasteiger partial charge is 0.144 e. The predicted molar refractivity (Wildman–Crippen MR) is 46.3 cm³/mol. The number of thiophene rings is 1. The highest BCUT2D eigenvalue weighted by Crippen LogP contribution is 2.33. The molecular formula is C9H10S. The van der Waals surface area contributed by atoms with Crippen molar-refractivity contribution in [2.75, 3.05) is 0 Å². The van der Waals surface area contributed by atoms with E-state index in [0.717, 1.165) is 0 Å². The molecule has 0 unspecified atom stereocenters. The van der Waals surface area contributed by atoms with Crippen molar-refractivity contribution in [3.8, 4) is 0 Å². The number of hydrogen-bond acceptors (Lipinski definition) is 1. The van der Waals surface area contributed by atoms with Crippen LogP contribution in [-0.4, -0.2) is 0 Å². The molecule has 1 aliphatic rings. The van der Waals surface area contributed by atoms with Crippen LogP contribution in [-0.2, 0) is 6.42 Å². The quantitative estimate of drug-likeness (QED) is 0.533. The maximum Gasteiger partial charge on any atom is 0.0328 e. The van der Waals surface area contributed by atoms with Gasteiger partial charge in [0, 0.05) is 4.88 Å². The molecule has 1 aromatic heterocycles. The average molecular weight is 150 g/mol. The van der Waals surface area contributed by atoms with Crippen LogP contribution in [0, 0.1) is 0 Å². The molecule has 1 heteroatoms. The van der Waals surface area contributed by atoms with Gasteiger partial charge in [0.25, 0.3) is 0 Å². The fraction of sp³-hybridized carbons (Fsp3) is 0.333. The summed E-state index contributed by atoms with van der Waals surface area (Å²) in [6.45, 7) is 4.04. The molecule has 0 radical (unpaired) electrons. The van der Waals surface area contributed by atoms with Gasteiger partial charge in [0.05, 0.1) is 0 Å². The highest BCUT2D eigenvalue weighted by molar-refractivity contribution is 7.11. The molecule has 0 N–H and O–H groups in total. The standard InChI is InChI=1S/C9H10S/c1-7-3-2-4-8-5-6-10-9(7)8/h5-6H,1-4H2. The summed E-state index contributed by atoms with van der Waals surface area (Å²) in [6.07, 6.45) is 3.76. The molecule has 0 saturated heterocycles. The topological polar surface area (TPSA) is 0 Å². The second-order valence-corrected chi connectivity index (χ2v) is 3.65. The SMILES string of the molecule is C=C1CCCc2ccsc21. The van der Waals surface area contributed by atoms with Crippen LogP contribution in [0.1, 0.15) is 23.3 Å². The van der Waals surface area contributed by atoms with Gasteiger partial charge in [0.15, 0.2) is 0 Å². The smallest absolute Gasteiger partial charge is 0.0328 e. The molecule has 10 heavy (non-hydrogen) atoms. The maximum absolute atomic E-state index is 4.04. The zero-order valence-electron chi connectivity index (χ0n) is 5.89. The second kappa shape index (κ2) is 2.24. The zero-order valence-corrected chi connectivity index (χ0v) is 6.71. The minimum Gasteiger partial charge on any atom is -0.144 e. The van der Waals surface area contributed by atoms with E-state index < -0.39 is 0 Å². The molecule has 0 atom stereocenters. The minimum absolute atomic E-state index is 1.20. The fourth-order valence-electron chi connectivity index (χ4n) is 1.45. The summed E-state index contributed by atoms with van der Waals surface area (Å²) in [6, 6.07) is 2.23. The zero-order chi connectivity index (χ0) is 6.97. The number of hydrogen-bond donors (Lipinski definition) is 0. The van der Waals surface area contributed by atoms with E-state index in [9.17, 15) is 0 Å². The van der Waals surface area contributed by atoms with Crippen molar-refractivity contribution in [2.24, 2.45) is 0 Å². The number of aryl methyl sites for hydroxylation is 1. The Morgan fingerprint density at radius 2 is 2.30 bits per heavy atom. The van der Waals surface area contributed by atoms with Crippen molar-refractivity contribution in [1.29, 1.82) is 0 Å². The Morgan fingerprint density at radius 3 is 3.10 bits per heavy atom. The lowest BCUT2D eigenvalue weighted by molar-refractivity contribution is 0.831. The Hall–Kier alpha value is -0.560. The fourth-order valence-corrected chi connectivity index (χ4v) is 2.41. The van der Waals surface area contributed by atoms with Gasteiger partial charge in [-0.1, -0.05) is 6.58 Å². The molecule has 0 spiro atoms. The number of fused-ring (bicyclic) bond motifs is 1. The van der Waals surface area contributed by atoms with E-state index >= 15 is 0 Å². The molecule has 0 nitrogen and oxygen atoms in total. The van der Waals surface area contributed by atoms with Gasteiger partial charge >= 0.3 is 0 Å². The van der Waals surface area contributed by atoms with Crippen LogP contribution in [0.2, 0.25) is 0 Å². The molecule has 0 amide bonds. The Morgan fingerprint density at radius 1 is 1.40 bits per heavy atom. The van der Waals surface area contributed by atoms with Crippen LogP contribution < -0.4 is 0 Å². The highest BCUT2D eigenvalue weighted by Gasteiger charge is 2.12. The third kappa shape index (κ3) is 0.816. The lowest BCUT2D eigenvalue weighted by atomic mass is 9.96. The highest BCUT2D eigenvalue weighted by atomic mass is 32.1. The lowest BCUT2D eigenvalue weighted by Gasteiger charge is -2.12. The Balaban J connectivity index is 2.50. The predicted octanol–water partition coefficient (Wildman–Crippen LogP) is 3.10. The molecule has 0 saturated carbocycles. The van der Waals surface area contributed by atoms with Crippen molar-refractivity contribution in [2.45, 2.75) is 19.3 Å². The van der Waals surface area contributed by atoms with E-state index in [2.05, 4.69) is 18.0 Å². The molecule has 0 aliphatic heterocycles. The van der Waals surface area contributed by atoms with Gasteiger partial charge in [-0.3, -0.25) is 0 Å². The van der Waals surface area contributed by atoms with Gasteiger partial charge in [-0.2, -0.15) is 0 Å². The van der Waals surface area contributed by atoms with Crippen LogP contribution in [0.25, 0.3) is 5.57 Å². The van der Waals surface area contributed by atoms with E-state index in [1.807, 2.05) is 11.3 Å². The lowest BCUT2D eigenvalue weighted by Crippen LogP contribution is -1.95. The monoisotopic (exact) mass is 150 g/mol. The molecule has 0 bridgehead atoms. The summed E-state index contributed by atoms with van der Waals surface area (Å²) in [5.74, 6) is 0. The van der Waals surface area contributed by atoms with E-state index in [1.54, 1.807) is 0 Å². The summed E-state index contributed by atoms with van der Waals surface area (Å²) in [5, 5.41) is 2.17. The molecule has 1 aromatic rings. The first-order valence-electron chi connectivity index (χ1n) is 3.62. The van der Waals surface area contributed by atoms with Gasteiger partial charge in [-0.05, 0) is 41.8 Å². The van der Waals surface area contributed by atoms with E-state index in [4.69, 9.17) is 0 Å². The van der Waals surface area contributed by atoms with E-state index in [1.165, 1.54) is 35.3 Å².